The molecule has 1 aliphatic rings. The van der Waals surface area contributed by atoms with Gasteiger partial charge in [-0.3, -0.25) is 0 Å². The fourth-order valence-electron chi connectivity index (χ4n) is 2.82. The zero-order chi connectivity index (χ0) is 13.9. The molecule has 3 rings (SSSR count). The highest BCUT2D eigenvalue weighted by atomic mass is 15.0. The first kappa shape index (κ1) is 13.3. The molecule has 0 fully saturated rings. The smallest absolute Gasteiger partial charge is 0.159 e. The molecular weight excluding hydrogens is 246 g/mol. The molecule has 0 atom stereocenters. The van der Waals surface area contributed by atoms with Crippen molar-refractivity contribution < 1.29 is 0 Å². The summed E-state index contributed by atoms with van der Waals surface area (Å²) in [5.74, 6) is 0.883. The highest BCUT2D eigenvalue weighted by molar-refractivity contribution is 5.60. The highest BCUT2D eigenvalue weighted by Crippen LogP contribution is 2.24. The first-order valence-electron chi connectivity index (χ1n) is 7.45. The molecule has 2 heterocycles. The maximum atomic E-state index is 4.87. The largest absolute Gasteiger partial charge is 0.311 e. The molecule has 104 valence electrons. The standard InChI is InChI=1S/C17H21N3/c1-3-6-15-14-9-10-18-11-16(14)20-17(19-15)13-8-5-4-7-12(13)2/h4-5,7-8,18H,3,6,9-11H2,1-2H3. The molecule has 1 aliphatic heterocycles. The summed E-state index contributed by atoms with van der Waals surface area (Å²) >= 11 is 0. The van der Waals surface area contributed by atoms with E-state index < -0.39 is 0 Å². The van der Waals surface area contributed by atoms with Crippen LogP contribution in [0.2, 0.25) is 0 Å². The van der Waals surface area contributed by atoms with Crippen LogP contribution in [0.5, 0.6) is 0 Å². The lowest BCUT2D eigenvalue weighted by Gasteiger charge is -2.20. The third kappa shape index (κ3) is 2.46. The van der Waals surface area contributed by atoms with Crippen molar-refractivity contribution >= 4 is 0 Å². The third-order valence-electron chi connectivity index (χ3n) is 3.90. The number of hydrogen-bond donors (Lipinski definition) is 1. The van der Waals surface area contributed by atoms with Crippen LogP contribution in [0.4, 0.5) is 0 Å². The first-order chi connectivity index (χ1) is 9.79. The third-order valence-corrected chi connectivity index (χ3v) is 3.90. The maximum absolute atomic E-state index is 4.87. The minimum absolute atomic E-state index is 0.869. The Labute approximate surface area is 120 Å². The van der Waals surface area contributed by atoms with Gasteiger partial charge in [0.2, 0.25) is 0 Å². The molecule has 2 aromatic rings. The van der Waals surface area contributed by atoms with Crippen molar-refractivity contribution in [3.05, 3.63) is 46.8 Å². The predicted molar refractivity (Wildman–Crippen MR) is 81.6 cm³/mol. The number of benzene rings is 1. The van der Waals surface area contributed by atoms with Gasteiger partial charge < -0.3 is 5.32 Å². The summed E-state index contributed by atoms with van der Waals surface area (Å²) in [5.41, 5.74) is 6.20. The number of rotatable bonds is 3. The molecule has 0 aliphatic carbocycles. The van der Waals surface area contributed by atoms with E-state index in [4.69, 9.17) is 9.97 Å². The van der Waals surface area contributed by atoms with Gasteiger partial charge in [-0.25, -0.2) is 9.97 Å². The summed E-state index contributed by atoms with van der Waals surface area (Å²) in [6.45, 7) is 6.24. The Balaban J connectivity index is 2.13. The van der Waals surface area contributed by atoms with Crippen molar-refractivity contribution in [2.75, 3.05) is 6.54 Å². The summed E-state index contributed by atoms with van der Waals surface area (Å²) in [6, 6.07) is 8.35. The van der Waals surface area contributed by atoms with Crippen molar-refractivity contribution in [2.45, 2.75) is 39.7 Å². The summed E-state index contributed by atoms with van der Waals surface area (Å²) in [5, 5.41) is 3.41. The van der Waals surface area contributed by atoms with E-state index in [0.29, 0.717) is 0 Å². The molecule has 0 spiro atoms. The van der Waals surface area contributed by atoms with E-state index in [1.165, 1.54) is 22.5 Å². The van der Waals surface area contributed by atoms with Crippen molar-refractivity contribution in [3.8, 4) is 11.4 Å². The Morgan fingerprint density at radius 3 is 2.85 bits per heavy atom. The quantitative estimate of drug-likeness (QED) is 0.928. The molecule has 0 saturated heterocycles. The van der Waals surface area contributed by atoms with E-state index in [1.54, 1.807) is 0 Å². The van der Waals surface area contributed by atoms with Crippen LogP contribution in [0.1, 0.15) is 35.9 Å². The number of nitrogens with one attached hydrogen (secondary N) is 1. The van der Waals surface area contributed by atoms with E-state index in [0.717, 1.165) is 43.7 Å². The molecule has 3 heteroatoms. The Hall–Kier alpha value is -1.74. The lowest BCUT2D eigenvalue weighted by molar-refractivity contribution is 0.614. The van der Waals surface area contributed by atoms with Crippen LogP contribution < -0.4 is 5.32 Å². The van der Waals surface area contributed by atoms with Gasteiger partial charge in [0.15, 0.2) is 5.82 Å². The van der Waals surface area contributed by atoms with Crippen molar-refractivity contribution in [2.24, 2.45) is 0 Å². The number of nitrogens with zero attached hydrogens (tertiary/aromatic N) is 2. The van der Waals surface area contributed by atoms with Crippen molar-refractivity contribution in [1.82, 2.24) is 15.3 Å². The Bertz CT molecular complexity index is 620. The van der Waals surface area contributed by atoms with Crippen LogP contribution in [-0.4, -0.2) is 16.5 Å². The summed E-state index contributed by atoms with van der Waals surface area (Å²) < 4.78 is 0. The second-order valence-corrected chi connectivity index (χ2v) is 5.41. The highest BCUT2D eigenvalue weighted by Gasteiger charge is 2.18. The number of aryl methyl sites for hydroxylation is 2. The van der Waals surface area contributed by atoms with Crippen LogP contribution in [0, 0.1) is 6.92 Å². The van der Waals surface area contributed by atoms with Gasteiger partial charge in [0.25, 0.3) is 0 Å². The molecule has 0 saturated carbocycles. The van der Waals surface area contributed by atoms with Crippen LogP contribution >= 0.6 is 0 Å². The lowest BCUT2D eigenvalue weighted by atomic mass is 10.0. The minimum Gasteiger partial charge on any atom is -0.311 e. The van der Waals surface area contributed by atoms with E-state index >= 15 is 0 Å². The summed E-state index contributed by atoms with van der Waals surface area (Å²) in [6.07, 6.45) is 3.23. The number of hydrogen-bond acceptors (Lipinski definition) is 3. The fraction of sp³-hybridized carbons (Fsp3) is 0.412. The molecule has 1 aromatic heterocycles. The Morgan fingerprint density at radius 2 is 2.05 bits per heavy atom. The van der Waals surface area contributed by atoms with Crippen molar-refractivity contribution in [1.29, 1.82) is 0 Å². The van der Waals surface area contributed by atoms with Crippen LogP contribution in [0.25, 0.3) is 11.4 Å². The first-order valence-corrected chi connectivity index (χ1v) is 7.45. The van der Waals surface area contributed by atoms with E-state index in [-0.39, 0.29) is 0 Å². The molecular formula is C17H21N3. The summed E-state index contributed by atoms with van der Waals surface area (Å²) in [7, 11) is 0. The molecule has 0 unspecified atom stereocenters. The average Bonchev–Trinajstić information content (AvgIpc) is 2.48. The lowest BCUT2D eigenvalue weighted by Crippen LogP contribution is -2.26. The molecule has 0 amide bonds. The van der Waals surface area contributed by atoms with Gasteiger partial charge in [-0.2, -0.15) is 0 Å². The number of fused-ring (bicyclic) bond motifs is 1. The minimum atomic E-state index is 0.869. The monoisotopic (exact) mass is 267 g/mol. The van der Waals surface area contributed by atoms with Gasteiger partial charge in [0.05, 0.1) is 5.69 Å². The summed E-state index contributed by atoms with van der Waals surface area (Å²) in [4.78, 5) is 9.68. The topological polar surface area (TPSA) is 37.8 Å². The molecule has 3 nitrogen and oxygen atoms in total. The van der Waals surface area contributed by atoms with Gasteiger partial charge in [-0.05, 0) is 37.4 Å². The fourth-order valence-corrected chi connectivity index (χ4v) is 2.82. The van der Waals surface area contributed by atoms with Crippen LogP contribution in [0.15, 0.2) is 24.3 Å². The van der Waals surface area contributed by atoms with Crippen LogP contribution in [-0.2, 0) is 19.4 Å². The predicted octanol–water partition coefficient (Wildman–Crippen LogP) is 3.05. The van der Waals surface area contributed by atoms with Gasteiger partial charge in [-0.15, -0.1) is 0 Å². The van der Waals surface area contributed by atoms with E-state index in [9.17, 15) is 0 Å². The van der Waals surface area contributed by atoms with E-state index in [2.05, 4.69) is 43.4 Å². The molecule has 20 heavy (non-hydrogen) atoms. The molecule has 0 bridgehead atoms. The van der Waals surface area contributed by atoms with Gasteiger partial charge in [0, 0.05) is 17.8 Å². The van der Waals surface area contributed by atoms with Crippen molar-refractivity contribution in [3.63, 3.8) is 0 Å². The molecule has 0 radical (unpaired) electrons. The van der Waals surface area contributed by atoms with Gasteiger partial charge in [0.1, 0.15) is 0 Å². The van der Waals surface area contributed by atoms with E-state index in [1.807, 2.05) is 0 Å². The zero-order valence-electron chi connectivity index (χ0n) is 12.2. The second-order valence-electron chi connectivity index (χ2n) is 5.41. The Morgan fingerprint density at radius 1 is 1.20 bits per heavy atom. The maximum Gasteiger partial charge on any atom is 0.159 e. The Kier molecular flexibility index (Phi) is 3.79. The molecule has 1 N–H and O–H groups in total. The average molecular weight is 267 g/mol. The second kappa shape index (κ2) is 5.71. The SMILES string of the molecule is CCCc1nc(-c2ccccc2C)nc2c1CCNC2. The molecule has 1 aromatic carbocycles. The van der Waals surface area contributed by atoms with Gasteiger partial charge >= 0.3 is 0 Å². The zero-order valence-corrected chi connectivity index (χ0v) is 12.2. The van der Waals surface area contributed by atoms with Gasteiger partial charge in [-0.1, -0.05) is 37.6 Å². The normalized spacial score (nSPS) is 14.1. The number of aromatic nitrogens is 2. The van der Waals surface area contributed by atoms with Crippen LogP contribution in [0.3, 0.4) is 0 Å².